The summed E-state index contributed by atoms with van der Waals surface area (Å²) in [4.78, 5) is 22.3. The summed E-state index contributed by atoms with van der Waals surface area (Å²) >= 11 is 0. The fourth-order valence-corrected chi connectivity index (χ4v) is 2.01. The van der Waals surface area contributed by atoms with Gasteiger partial charge in [0, 0.05) is 19.2 Å². The molecule has 0 atom stereocenters. The number of hydrogen-bond donors (Lipinski definition) is 1. The molecule has 0 spiro atoms. The molecular formula is C16H16N2O5. The molecule has 23 heavy (non-hydrogen) atoms. The average Bonchev–Trinajstić information content (AvgIpc) is 2.49. The number of nitro groups is 1. The average molecular weight is 316 g/mol. The zero-order chi connectivity index (χ0) is 17.1. The summed E-state index contributed by atoms with van der Waals surface area (Å²) in [5.74, 6) is 0.896. The van der Waals surface area contributed by atoms with Crippen molar-refractivity contribution in [1.29, 1.82) is 0 Å². The largest absolute Gasteiger partial charge is 0.465 e. The Labute approximate surface area is 132 Å². The van der Waals surface area contributed by atoms with Crippen molar-refractivity contribution in [2.24, 2.45) is 0 Å². The zero-order valence-corrected chi connectivity index (χ0v) is 12.9. The van der Waals surface area contributed by atoms with Gasteiger partial charge in [-0.15, -0.1) is 0 Å². The molecule has 0 aromatic heterocycles. The van der Waals surface area contributed by atoms with Gasteiger partial charge in [0.1, 0.15) is 17.2 Å². The molecule has 120 valence electrons. The van der Waals surface area contributed by atoms with Gasteiger partial charge in [-0.3, -0.25) is 15.0 Å². The third-order valence-electron chi connectivity index (χ3n) is 3.51. The molecule has 0 heterocycles. The topological polar surface area (TPSA) is 92.9 Å². The van der Waals surface area contributed by atoms with E-state index in [1.807, 2.05) is 26.0 Å². The lowest BCUT2D eigenvalue weighted by atomic mass is 10.1. The summed E-state index contributed by atoms with van der Waals surface area (Å²) < 4.78 is 5.68. The first-order valence-electron chi connectivity index (χ1n) is 6.80. The summed E-state index contributed by atoms with van der Waals surface area (Å²) in [5.41, 5.74) is 1.81. The van der Waals surface area contributed by atoms with E-state index in [1.165, 1.54) is 25.2 Å². The molecule has 0 saturated heterocycles. The van der Waals surface area contributed by atoms with Crippen molar-refractivity contribution in [3.8, 4) is 11.5 Å². The highest BCUT2D eigenvalue weighted by Gasteiger charge is 2.22. The first kappa shape index (κ1) is 16.3. The fourth-order valence-electron chi connectivity index (χ4n) is 2.01. The lowest BCUT2D eigenvalue weighted by molar-refractivity contribution is -0.384. The number of hydrogen-bond acceptors (Lipinski definition) is 4. The Morgan fingerprint density at radius 3 is 2.30 bits per heavy atom. The number of nitro benzene ring substituents is 1. The number of ether oxygens (including phenoxy) is 1. The van der Waals surface area contributed by atoms with Crippen LogP contribution in [0.1, 0.15) is 11.1 Å². The predicted octanol–water partition coefficient (Wildman–Crippen LogP) is 4.12. The molecule has 1 N–H and O–H groups in total. The van der Waals surface area contributed by atoms with Crippen LogP contribution in [0.2, 0.25) is 0 Å². The Bertz CT molecular complexity index is 773. The molecular weight excluding hydrogens is 300 g/mol. The van der Waals surface area contributed by atoms with E-state index >= 15 is 0 Å². The maximum Gasteiger partial charge on any atom is 0.411 e. The second kappa shape index (κ2) is 6.35. The van der Waals surface area contributed by atoms with E-state index in [0.29, 0.717) is 11.5 Å². The molecule has 7 heteroatoms. The molecule has 0 unspecified atom stereocenters. The van der Waals surface area contributed by atoms with Gasteiger partial charge in [0.2, 0.25) is 0 Å². The first-order chi connectivity index (χ1) is 10.8. The molecule has 0 bridgehead atoms. The van der Waals surface area contributed by atoms with E-state index < -0.39 is 11.0 Å². The number of rotatable bonds is 4. The Morgan fingerprint density at radius 2 is 1.74 bits per heavy atom. The van der Waals surface area contributed by atoms with Crippen molar-refractivity contribution in [3.05, 3.63) is 57.6 Å². The SMILES string of the molecule is Cc1ccc(Oc2ccc([N+](=O)[O-])c(N(C)C(=O)O)c2)cc1C. The highest BCUT2D eigenvalue weighted by molar-refractivity contribution is 5.89. The molecule has 0 aliphatic heterocycles. The van der Waals surface area contributed by atoms with Crippen LogP contribution in [-0.2, 0) is 0 Å². The highest BCUT2D eigenvalue weighted by atomic mass is 16.6. The van der Waals surface area contributed by atoms with E-state index in [9.17, 15) is 14.9 Å². The molecule has 0 saturated carbocycles. The van der Waals surface area contributed by atoms with Gasteiger partial charge >= 0.3 is 6.09 Å². The summed E-state index contributed by atoms with van der Waals surface area (Å²) in [5, 5.41) is 20.1. The molecule has 0 fully saturated rings. The quantitative estimate of drug-likeness (QED) is 0.676. The molecule has 0 aliphatic rings. The van der Waals surface area contributed by atoms with E-state index in [2.05, 4.69) is 0 Å². The van der Waals surface area contributed by atoms with Crippen molar-refractivity contribution in [3.63, 3.8) is 0 Å². The van der Waals surface area contributed by atoms with Crippen LogP contribution < -0.4 is 9.64 Å². The number of nitrogens with zero attached hydrogens (tertiary/aromatic N) is 2. The van der Waals surface area contributed by atoms with E-state index in [4.69, 9.17) is 9.84 Å². The van der Waals surface area contributed by atoms with Crippen LogP contribution in [0.3, 0.4) is 0 Å². The van der Waals surface area contributed by atoms with Crippen LogP contribution >= 0.6 is 0 Å². The Hall–Kier alpha value is -3.09. The number of aryl methyl sites for hydroxylation is 2. The Balaban J connectivity index is 2.40. The maximum absolute atomic E-state index is 11.1. The standard InChI is InChI=1S/C16H16N2O5/c1-10-4-5-12(8-11(10)2)23-13-6-7-14(18(21)22)15(9-13)17(3)16(19)20/h4-9H,1-3H3,(H,19,20). The number of benzene rings is 2. The van der Waals surface area contributed by atoms with Crippen LogP contribution in [0.4, 0.5) is 16.2 Å². The third kappa shape index (κ3) is 3.57. The highest BCUT2D eigenvalue weighted by Crippen LogP contribution is 2.34. The van der Waals surface area contributed by atoms with Crippen LogP contribution in [0, 0.1) is 24.0 Å². The normalized spacial score (nSPS) is 10.2. The third-order valence-corrected chi connectivity index (χ3v) is 3.51. The summed E-state index contributed by atoms with van der Waals surface area (Å²) in [7, 11) is 1.24. The second-order valence-corrected chi connectivity index (χ2v) is 5.10. The summed E-state index contributed by atoms with van der Waals surface area (Å²) in [6.07, 6.45) is -1.29. The minimum absolute atomic E-state index is 0.0520. The molecule has 2 aromatic carbocycles. The van der Waals surface area contributed by atoms with Crippen molar-refractivity contribution < 1.29 is 19.6 Å². The molecule has 0 aliphatic carbocycles. The summed E-state index contributed by atoms with van der Waals surface area (Å²) in [6.45, 7) is 3.92. The number of anilines is 1. The van der Waals surface area contributed by atoms with Crippen LogP contribution in [0.15, 0.2) is 36.4 Å². The van der Waals surface area contributed by atoms with Crippen LogP contribution in [0.5, 0.6) is 11.5 Å². The van der Waals surface area contributed by atoms with Crippen molar-refractivity contribution in [2.75, 3.05) is 11.9 Å². The minimum Gasteiger partial charge on any atom is -0.465 e. The van der Waals surface area contributed by atoms with Gasteiger partial charge in [-0.05, 0) is 43.2 Å². The minimum atomic E-state index is -1.29. The fraction of sp³-hybridized carbons (Fsp3) is 0.188. The van der Waals surface area contributed by atoms with Crippen LogP contribution in [-0.4, -0.2) is 23.2 Å². The molecule has 7 nitrogen and oxygen atoms in total. The van der Waals surface area contributed by atoms with Gasteiger partial charge in [0.15, 0.2) is 0 Å². The summed E-state index contributed by atoms with van der Waals surface area (Å²) in [6, 6.07) is 9.53. The second-order valence-electron chi connectivity index (χ2n) is 5.10. The number of amides is 1. The monoisotopic (exact) mass is 316 g/mol. The van der Waals surface area contributed by atoms with Gasteiger partial charge in [0.25, 0.3) is 5.69 Å². The van der Waals surface area contributed by atoms with Crippen molar-refractivity contribution in [2.45, 2.75) is 13.8 Å². The first-order valence-corrected chi connectivity index (χ1v) is 6.80. The van der Waals surface area contributed by atoms with Crippen molar-refractivity contribution >= 4 is 17.5 Å². The van der Waals surface area contributed by atoms with Gasteiger partial charge < -0.3 is 9.84 Å². The molecule has 2 rings (SSSR count). The van der Waals surface area contributed by atoms with E-state index in [1.54, 1.807) is 6.07 Å². The Kier molecular flexibility index (Phi) is 4.49. The molecule has 1 amide bonds. The predicted molar refractivity (Wildman–Crippen MR) is 85.5 cm³/mol. The van der Waals surface area contributed by atoms with E-state index in [-0.39, 0.29) is 11.4 Å². The van der Waals surface area contributed by atoms with Gasteiger partial charge in [-0.2, -0.15) is 0 Å². The van der Waals surface area contributed by atoms with Crippen molar-refractivity contribution in [1.82, 2.24) is 0 Å². The number of carbonyl (C=O) groups is 1. The smallest absolute Gasteiger partial charge is 0.411 e. The maximum atomic E-state index is 11.1. The Morgan fingerprint density at radius 1 is 1.13 bits per heavy atom. The number of carboxylic acid groups (broad SMARTS) is 1. The van der Waals surface area contributed by atoms with Gasteiger partial charge in [-0.25, -0.2) is 4.79 Å². The molecule has 2 aromatic rings. The zero-order valence-electron chi connectivity index (χ0n) is 12.9. The lowest BCUT2D eigenvalue weighted by Crippen LogP contribution is -2.24. The van der Waals surface area contributed by atoms with Gasteiger partial charge in [-0.1, -0.05) is 6.07 Å². The van der Waals surface area contributed by atoms with Gasteiger partial charge in [0.05, 0.1) is 4.92 Å². The van der Waals surface area contributed by atoms with E-state index in [0.717, 1.165) is 16.0 Å². The van der Waals surface area contributed by atoms with Crippen LogP contribution in [0.25, 0.3) is 0 Å². The lowest BCUT2D eigenvalue weighted by Gasteiger charge is -2.15. The molecule has 0 radical (unpaired) electrons.